The van der Waals surface area contributed by atoms with Gasteiger partial charge in [-0.15, -0.1) is 5.10 Å². The summed E-state index contributed by atoms with van der Waals surface area (Å²) in [5.41, 5.74) is 1.12. The Labute approximate surface area is 127 Å². The van der Waals surface area contributed by atoms with Crippen LogP contribution in [-0.4, -0.2) is 20.2 Å². The highest BCUT2D eigenvalue weighted by Crippen LogP contribution is 2.30. The van der Waals surface area contributed by atoms with E-state index in [9.17, 15) is 0 Å². The Hall–Kier alpha value is -1.27. The van der Waals surface area contributed by atoms with Crippen molar-refractivity contribution in [3.05, 3.63) is 40.1 Å². The third kappa shape index (κ3) is 3.07. The molecule has 1 aromatic heterocycles. The zero-order valence-electron chi connectivity index (χ0n) is 12.3. The van der Waals surface area contributed by atoms with Crippen molar-refractivity contribution in [2.45, 2.75) is 32.9 Å². The summed E-state index contributed by atoms with van der Waals surface area (Å²) in [5, 5.41) is 15.1. The number of aryl methyl sites for hydroxylation is 1. The minimum atomic E-state index is -0.132. The molecule has 0 fully saturated rings. The van der Waals surface area contributed by atoms with Crippen LogP contribution in [0, 0.1) is 5.92 Å². The van der Waals surface area contributed by atoms with Crippen LogP contribution in [0.5, 0.6) is 0 Å². The van der Waals surface area contributed by atoms with E-state index in [0.717, 1.165) is 10.3 Å². The fourth-order valence-electron chi connectivity index (χ4n) is 2.10. The van der Waals surface area contributed by atoms with E-state index >= 15 is 0 Å². The van der Waals surface area contributed by atoms with Crippen LogP contribution in [0.4, 0.5) is 0 Å². The van der Waals surface area contributed by atoms with Gasteiger partial charge in [-0.1, -0.05) is 41.9 Å². The van der Waals surface area contributed by atoms with E-state index in [1.165, 1.54) is 5.56 Å². The Bertz CT molecular complexity index is 563. The van der Waals surface area contributed by atoms with Crippen LogP contribution < -0.4 is 5.32 Å². The summed E-state index contributed by atoms with van der Waals surface area (Å²) in [7, 11) is 1.85. The molecule has 0 aliphatic carbocycles. The number of hydrogen-bond acceptors (Lipinski definition) is 4. The summed E-state index contributed by atoms with van der Waals surface area (Å²) in [6, 6.07) is 8.43. The number of nitrogens with one attached hydrogen (secondary N) is 1. The molecule has 0 unspecified atom stereocenters. The van der Waals surface area contributed by atoms with Gasteiger partial charge in [0.1, 0.15) is 0 Å². The smallest absolute Gasteiger partial charge is 0.164 e. The van der Waals surface area contributed by atoms with Crippen molar-refractivity contribution in [2.75, 3.05) is 0 Å². The van der Waals surface area contributed by atoms with Crippen LogP contribution in [0.3, 0.4) is 0 Å². The average Bonchev–Trinajstić information content (AvgIpc) is 2.82. The third-order valence-electron chi connectivity index (χ3n) is 3.92. The maximum Gasteiger partial charge on any atom is 0.164 e. The number of tetrazole rings is 1. The summed E-state index contributed by atoms with van der Waals surface area (Å²) < 4.78 is 2.78. The number of rotatable bonds is 5. The number of halogens is 1. The maximum absolute atomic E-state index is 4.02. The van der Waals surface area contributed by atoms with Gasteiger partial charge >= 0.3 is 0 Å². The van der Waals surface area contributed by atoms with Gasteiger partial charge in [0, 0.05) is 17.1 Å². The van der Waals surface area contributed by atoms with Crippen LogP contribution in [-0.2, 0) is 19.1 Å². The van der Waals surface area contributed by atoms with Crippen LogP contribution >= 0.6 is 15.9 Å². The molecule has 20 heavy (non-hydrogen) atoms. The highest BCUT2D eigenvalue weighted by atomic mass is 79.9. The molecule has 1 N–H and O–H groups in total. The van der Waals surface area contributed by atoms with Gasteiger partial charge < -0.3 is 5.32 Å². The summed E-state index contributed by atoms with van der Waals surface area (Å²) >= 11 is 3.48. The Morgan fingerprint density at radius 3 is 2.45 bits per heavy atom. The summed E-state index contributed by atoms with van der Waals surface area (Å²) in [6.07, 6.45) is 0. The first kappa shape index (κ1) is 15.1. The fraction of sp³-hybridized carbons (Fsp3) is 0.500. The number of hydrogen-bond donors (Lipinski definition) is 1. The minimum Gasteiger partial charge on any atom is -0.300 e. The normalized spacial score (nSPS) is 14.5. The molecule has 0 aliphatic rings. The molecular formula is C14H20BrN5. The molecule has 0 radical (unpaired) electrons. The fourth-order valence-corrected chi connectivity index (χ4v) is 2.36. The molecule has 0 saturated carbocycles. The van der Waals surface area contributed by atoms with E-state index in [1.807, 2.05) is 7.05 Å². The summed E-state index contributed by atoms with van der Waals surface area (Å²) in [5.74, 6) is 1.26. The van der Waals surface area contributed by atoms with Crippen molar-refractivity contribution in [3.63, 3.8) is 0 Å². The molecule has 1 aromatic carbocycles. The van der Waals surface area contributed by atoms with E-state index in [0.29, 0.717) is 12.5 Å². The van der Waals surface area contributed by atoms with Gasteiger partial charge in [0.15, 0.2) is 5.82 Å². The molecular weight excluding hydrogens is 318 g/mol. The topological polar surface area (TPSA) is 55.6 Å². The van der Waals surface area contributed by atoms with Crippen molar-refractivity contribution in [2.24, 2.45) is 13.0 Å². The molecule has 5 nitrogen and oxygen atoms in total. The van der Waals surface area contributed by atoms with Crippen molar-refractivity contribution in [1.82, 2.24) is 25.5 Å². The van der Waals surface area contributed by atoms with Gasteiger partial charge in [-0.3, -0.25) is 0 Å². The summed E-state index contributed by atoms with van der Waals surface area (Å²) in [4.78, 5) is 0. The Kier molecular flexibility index (Phi) is 4.55. The molecule has 0 bridgehead atoms. The van der Waals surface area contributed by atoms with Gasteiger partial charge in [-0.25, -0.2) is 4.68 Å². The van der Waals surface area contributed by atoms with Crippen LogP contribution in [0.1, 0.15) is 32.2 Å². The molecule has 0 saturated heterocycles. The van der Waals surface area contributed by atoms with Gasteiger partial charge in [-0.2, -0.15) is 0 Å². The van der Waals surface area contributed by atoms with Gasteiger partial charge in [0.2, 0.25) is 0 Å². The van der Waals surface area contributed by atoms with Gasteiger partial charge in [0.05, 0.1) is 6.54 Å². The number of aromatic nitrogens is 4. The van der Waals surface area contributed by atoms with Crippen LogP contribution in [0.15, 0.2) is 28.7 Å². The van der Waals surface area contributed by atoms with Crippen molar-refractivity contribution >= 4 is 15.9 Å². The molecule has 0 amide bonds. The minimum absolute atomic E-state index is 0.132. The van der Waals surface area contributed by atoms with Crippen LogP contribution in [0.2, 0.25) is 0 Å². The molecule has 0 spiro atoms. The van der Waals surface area contributed by atoms with Crippen molar-refractivity contribution in [3.8, 4) is 0 Å². The predicted octanol–water partition coefficient (Wildman–Crippen LogP) is 2.63. The Balaban J connectivity index is 2.21. The third-order valence-corrected chi connectivity index (χ3v) is 4.45. The van der Waals surface area contributed by atoms with E-state index in [4.69, 9.17) is 0 Å². The quantitative estimate of drug-likeness (QED) is 0.911. The zero-order valence-corrected chi connectivity index (χ0v) is 13.8. The molecule has 2 aromatic rings. The van der Waals surface area contributed by atoms with E-state index in [2.05, 4.69) is 81.8 Å². The monoisotopic (exact) mass is 337 g/mol. The SMILES string of the molecule is CC(C)[C@@](C)(NCc1nnnn1C)c1ccc(Br)cc1. The van der Waals surface area contributed by atoms with Gasteiger partial charge in [0.25, 0.3) is 0 Å². The first-order chi connectivity index (χ1) is 9.43. The molecule has 2 rings (SSSR count). The molecule has 1 heterocycles. The Morgan fingerprint density at radius 2 is 1.95 bits per heavy atom. The van der Waals surface area contributed by atoms with E-state index in [-0.39, 0.29) is 5.54 Å². The lowest BCUT2D eigenvalue weighted by molar-refractivity contribution is 0.259. The first-order valence-corrected chi connectivity index (χ1v) is 7.45. The molecule has 0 aliphatic heterocycles. The first-order valence-electron chi connectivity index (χ1n) is 6.66. The number of benzene rings is 1. The van der Waals surface area contributed by atoms with Gasteiger partial charge in [-0.05, 0) is 41.0 Å². The average molecular weight is 338 g/mol. The standard InChI is InChI=1S/C14H20BrN5/c1-10(2)14(3,11-5-7-12(15)8-6-11)16-9-13-17-18-19-20(13)4/h5-8,10,16H,9H2,1-4H3/t14-/m1/s1. The van der Waals surface area contributed by atoms with E-state index in [1.54, 1.807) is 4.68 Å². The lowest BCUT2D eigenvalue weighted by Gasteiger charge is -2.35. The number of nitrogens with zero attached hydrogens (tertiary/aromatic N) is 4. The largest absolute Gasteiger partial charge is 0.300 e. The zero-order chi connectivity index (χ0) is 14.8. The highest BCUT2D eigenvalue weighted by Gasteiger charge is 2.30. The second-order valence-electron chi connectivity index (χ2n) is 5.44. The lowest BCUT2D eigenvalue weighted by Crippen LogP contribution is -2.44. The molecule has 1 atom stereocenters. The molecule has 108 valence electrons. The summed E-state index contributed by atoms with van der Waals surface area (Å²) in [6.45, 7) is 7.27. The van der Waals surface area contributed by atoms with Crippen LogP contribution in [0.25, 0.3) is 0 Å². The highest BCUT2D eigenvalue weighted by molar-refractivity contribution is 9.10. The van der Waals surface area contributed by atoms with Crippen molar-refractivity contribution < 1.29 is 0 Å². The second kappa shape index (κ2) is 6.01. The lowest BCUT2D eigenvalue weighted by atomic mass is 9.81. The second-order valence-corrected chi connectivity index (χ2v) is 6.35. The predicted molar refractivity (Wildman–Crippen MR) is 82.0 cm³/mol. The van der Waals surface area contributed by atoms with E-state index < -0.39 is 0 Å². The van der Waals surface area contributed by atoms with Crippen molar-refractivity contribution in [1.29, 1.82) is 0 Å². The molecule has 6 heteroatoms. The maximum atomic E-state index is 4.02. The Morgan fingerprint density at radius 1 is 1.30 bits per heavy atom.